The van der Waals surface area contributed by atoms with Gasteiger partial charge in [-0.3, -0.25) is 0 Å². The first-order chi connectivity index (χ1) is 11.1. The Kier molecular flexibility index (Phi) is 5.99. The van der Waals surface area contributed by atoms with Gasteiger partial charge < -0.3 is 9.47 Å². The zero-order valence-electron chi connectivity index (χ0n) is 13.4. The average Bonchev–Trinajstić information content (AvgIpc) is 2.55. The predicted octanol–water partition coefficient (Wildman–Crippen LogP) is 4.61. The molecule has 0 N–H and O–H groups in total. The molecule has 1 unspecified atom stereocenters. The molecule has 1 atom stereocenters. The van der Waals surface area contributed by atoms with Crippen molar-refractivity contribution in [1.82, 2.24) is 0 Å². The van der Waals surface area contributed by atoms with Crippen molar-refractivity contribution in [3.8, 4) is 17.6 Å². The molecule has 2 aromatic rings. The molecule has 2 rings (SSSR count). The van der Waals surface area contributed by atoms with E-state index >= 15 is 0 Å². The van der Waals surface area contributed by atoms with Gasteiger partial charge in [-0.05, 0) is 55.7 Å². The second-order valence-corrected chi connectivity index (χ2v) is 5.38. The van der Waals surface area contributed by atoms with E-state index in [0.29, 0.717) is 30.8 Å². The second-order valence-electron chi connectivity index (χ2n) is 5.38. The Morgan fingerprint density at radius 1 is 1.22 bits per heavy atom. The molecule has 0 spiro atoms. The number of halogens is 1. The zero-order chi connectivity index (χ0) is 16.7. The van der Waals surface area contributed by atoms with E-state index in [1.54, 1.807) is 6.07 Å². The third kappa shape index (κ3) is 4.72. The van der Waals surface area contributed by atoms with Crippen molar-refractivity contribution in [2.45, 2.75) is 25.7 Å². The Bertz CT molecular complexity index is 694. The number of nitrogens with zero attached hydrogens (tertiary/aromatic N) is 1. The van der Waals surface area contributed by atoms with Gasteiger partial charge in [0.2, 0.25) is 0 Å². The van der Waals surface area contributed by atoms with Crippen LogP contribution in [0.15, 0.2) is 42.5 Å². The van der Waals surface area contributed by atoms with Crippen molar-refractivity contribution < 1.29 is 13.9 Å². The second kappa shape index (κ2) is 8.19. The topological polar surface area (TPSA) is 42.2 Å². The molecule has 0 saturated carbocycles. The number of rotatable bonds is 7. The first-order valence-electron chi connectivity index (χ1n) is 7.56. The maximum absolute atomic E-state index is 13.4. The van der Waals surface area contributed by atoms with E-state index in [-0.39, 0.29) is 5.82 Å². The summed E-state index contributed by atoms with van der Waals surface area (Å²) in [5.41, 5.74) is 1.73. The highest BCUT2D eigenvalue weighted by molar-refractivity contribution is 5.39. The minimum absolute atomic E-state index is 0.364. The number of hydrogen-bond donors (Lipinski definition) is 0. The van der Waals surface area contributed by atoms with Crippen LogP contribution in [0, 0.1) is 24.1 Å². The smallest absolute Gasteiger partial charge is 0.123 e. The van der Waals surface area contributed by atoms with E-state index in [9.17, 15) is 9.65 Å². The van der Waals surface area contributed by atoms with Crippen molar-refractivity contribution in [2.24, 2.45) is 0 Å². The van der Waals surface area contributed by atoms with Gasteiger partial charge in [-0.15, -0.1) is 0 Å². The summed E-state index contributed by atoms with van der Waals surface area (Å²) in [6.45, 7) is 2.52. The van der Waals surface area contributed by atoms with Gasteiger partial charge in [0.25, 0.3) is 0 Å². The lowest BCUT2D eigenvalue weighted by atomic mass is 9.95. The summed E-state index contributed by atoms with van der Waals surface area (Å²) in [6.07, 6.45) is 1.29. The molecular weight excluding hydrogens is 293 g/mol. The van der Waals surface area contributed by atoms with Crippen LogP contribution in [-0.2, 0) is 0 Å². The van der Waals surface area contributed by atoms with Gasteiger partial charge in [0, 0.05) is 5.56 Å². The van der Waals surface area contributed by atoms with Crippen molar-refractivity contribution >= 4 is 0 Å². The number of ether oxygens (including phenoxy) is 2. The first-order valence-corrected chi connectivity index (χ1v) is 7.56. The number of benzene rings is 2. The van der Waals surface area contributed by atoms with Crippen LogP contribution in [0.5, 0.6) is 11.5 Å². The van der Waals surface area contributed by atoms with Gasteiger partial charge in [-0.2, -0.15) is 5.26 Å². The standard InChI is InChI=1S/C19H20FNO2/c1-14-5-3-7-17(11-14)23-10-4-6-15(13-21)18-12-16(20)8-9-19(18)22-2/h3,5,7-9,11-12,15H,4,6,10H2,1-2H3. The van der Waals surface area contributed by atoms with Gasteiger partial charge in [-0.1, -0.05) is 12.1 Å². The van der Waals surface area contributed by atoms with Gasteiger partial charge in [0.05, 0.1) is 25.7 Å². The Morgan fingerprint density at radius 3 is 2.74 bits per heavy atom. The van der Waals surface area contributed by atoms with Crippen molar-refractivity contribution in [3.63, 3.8) is 0 Å². The molecule has 0 radical (unpaired) electrons. The SMILES string of the molecule is COc1ccc(F)cc1C(C#N)CCCOc1cccc(C)c1. The number of aryl methyl sites for hydroxylation is 1. The molecule has 23 heavy (non-hydrogen) atoms. The largest absolute Gasteiger partial charge is 0.496 e. The normalized spacial score (nSPS) is 11.6. The van der Waals surface area contributed by atoms with Crippen LogP contribution in [0.4, 0.5) is 4.39 Å². The van der Waals surface area contributed by atoms with Crippen molar-refractivity contribution in [1.29, 1.82) is 5.26 Å². The van der Waals surface area contributed by atoms with Crippen LogP contribution < -0.4 is 9.47 Å². The quantitative estimate of drug-likeness (QED) is 0.701. The lowest BCUT2D eigenvalue weighted by molar-refractivity contribution is 0.304. The third-order valence-electron chi connectivity index (χ3n) is 3.62. The fourth-order valence-corrected chi connectivity index (χ4v) is 2.45. The van der Waals surface area contributed by atoms with Crippen LogP contribution >= 0.6 is 0 Å². The summed E-state index contributed by atoms with van der Waals surface area (Å²) in [7, 11) is 1.52. The molecule has 2 aromatic carbocycles. The van der Waals surface area contributed by atoms with Gasteiger partial charge in [0.1, 0.15) is 17.3 Å². The lowest BCUT2D eigenvalue weighted by Crippen LogP contribution is -2.04. The van der Waals surface area contributed by atoms with E-state index in [4.69, 9.17) is 9.47 Å². The maximum atomic E-state index is 13.4. The average molecular weight is 313 g/mol. The molecule has 0 aliphatic rings. The van der Waals surface area contributed by atoms with Gasteiger partial charge >= 0.3 is 0 Å². The number of nitriles is 1. The third-order valence-corrected chi connectivity index (χ3v) is 3.62. The molecule has 0 aliphatic heterocycles. The molecule has 0 heterocycles. The van der Waals surface area contributed by atoms with Crippen LogP contribution in [0.25, 0.3) is 0 Å². The molecular formula is C19H20FNO2. The Labute approximate surface area is 136 Å². The van der Waals surface area contributed by atoms with E-state index in [2.05, 4.69) is 6.07 Å². The summed E-state index contributed by atoms with van der Waals surface area (Å²) < 4.78 is 24.3. The van der Waals surface area contributed by atoms with Crippen LogP contribution in [0.2, 0.25) is 0 Å². The number of methoxy groups -OCH3 is 1. The molecule has 4 heteroatoms. The highest BCUT2D eigenvalue weighted by Gasteiger charge is 2.16. The Balaban J connectivity index is 1.93. The van der Waals surface area contributed by atoms with Gasteiger partial charge in [-0.25, -0.2) is 4.39 Å². The maximum Gasteiger partial charge on any atom is 0.123 e. The van der Waals surface area contributed by atoms with Gasteiger partial charge in [0.15, 0.2) is 0 Å². The van der Waals surface area contributed by atoms with E-state index in [1.165, 1.54) is 19.2 Å². The molecule has 120 valence electrons. The minimum atomic E-state index is -0.415. The summed E-state index contributed by atoms with van der Waals surface area (Å²) in [6, 6.07) is 14.3. The summed E-state index contributed by atoms with van der Waals surface area (Å²) in [5.74, 6) is 0.582. The highest BCUT2D eigenvalue weighted by Crippen LogP contribution is 2.30. The fourth-order valence-electron chi connectivity index (χ4n) is 2.45. The molecule has 0 aromatic heterocycles. The van der Waals surface area contributed by atoms with E-state index in [0.717, 1.165) is 11.3 Å². The highest BCUT2D eigenvalue weighted by atomic mass is 19.1. The monoisotopic (exact) mass is 313 g/mol. The van der Waals surface area contributed by atoms with Crippen LogP contribution in [-0.4, -0.2) is 13.7 Å². The first kappa shape index (κ1) is 16.8. The summed E-state index contributed by atoms with van der Waals surface area (Å²) in [5, 5.41) is 9.37. The molecule has 3 nitrogen and oxygen atoms in total. The van der Waals surface area contributed by atoms with E-state index in [1.807, 2.05) is 31.2 Å². The summed E-state index contributed by atoms with van der Waals surface area (Å²) in [4.78, 5) is 0. The number of hydrogen-bond acceptors (Lipinski definition) is 3. The van der Waals surface area contributed by atoms with Crippen molar-refractivity contribution in [2.75, 3.05) is 13.7 Å². The Morgan fingerprint density at radius 2 is 2.04 bits per heavy atom. The molecule has 0 saturated heterocycles. The molecule has 0 fully saturated rings. The molecule has 0 amide bonds. The fraction of sp³-hybridized carbons (Fsp3) is 0.316. The Hall–Kier alpha value is -2.54. The molecule has 0 aliphatic carbocycles. The van der Waals surface area contributed by atoms with Crippen LogP contribution in [0.3, 0.4) is 0 Å². The van der Waals surface area contributed by atoms with Crippen LogP contribution in [0.1, 0.15) is 29.9 Å². The minimum Gasteiger partial charge on any atom is -0.496 e. The zero-order valence-corrected chi connectivity index (χ0v) is 13.4. The predicted molar refractivity (Wildman–Crippen MR) is 87.2 cm³/mol. The summed E-state index contributed by atoms with van der Waals surface area (Å²) >= 11 is 0. The lowest BCUT2D eigenvalue weighted by Gasteiger charge is -2.14. The van der Waals surface area contributed by atoms with Crippen molar-refractivity contribution in [3.05, 3.63) is 59.4 Å². The van der Waals surface area contributed by atoms with E-state index < -0.39 is 5.92 Å². The molecule has 0 bridgehead atoms.